The third-order valence-electron chi connectivity index (χ3n) is 4.88. The Balaban J connectivity index is 1.73. The summed E-state index contributed by atoms with van der Waals surface area (Å²) in [5.41, 5.74) is 2.22. The molecule has 0 saturated carbocycles. The molecule has 1 aromatic carbocycles. The lowest BCUT2D eigenvalue weighted by Crippen LogP contribution is -2.47. The molecule has 0 spiro atoms. The summed E-state index contributed by atoms with van der Waals surface area (Å²) in [7, 11) is 1.67. The Morgan fingerprint density at radius 1 is 1.15 bits per heavy atom. The van der Waals surface area contributed by atoms with Crippen molar-refractivity contribution in [2.75, 3.05) is 51.3 Å². The maximum Gasteiger partial charge on any atom is 0.225 e. The molecule has 0 aliphatic carbocycles. The quantitative estimate of drug-likeness (QED) is 0.659. The third-order valence-corrected chi connectivity index (χ3v) is 5.92. The average molecular weight is 405 g/mol. The number of halogens is 1. The van der Waals surface area contributed by atoms with Crippen molar-refractivity contribution < 1.29 is 9.84 Å². The number of fused-ring (bicyclic) bond motifs is 1. The van der Waals surface area contributed by atoms with Crippen LogP contribution in [0.2, 0.25) is 5.28 Å². The summed E-state index contributed by atoms with van der Waals surface area (Å²) in [5, 5.41) is 12.6. The summed E-state index contributed by atoms with van der Waals surface area (Å²) >= 11 is 7.80. The van der Waals surface area contributed by atoms with Gasteiger partial charge in [0.2, 0.25) is 5.28 Å². The number of aliphatic hydroxyl groups excluding tert-OH is 1. The van der Waals surface area contributed by atoms with Crippen LogP contribution in [0.3, 0.4) is 0 Å². The zero-order valence-electron chi connectivity index (χ0n) is 15.1. The fourth-order valence-corrected chi connectivity index (χ4v) is 4.59. The molecular weight excluding hydrogens is 384 g/mol. The third kappa shape index (κ3) is 3.73. The Kier molecular flexibility index (Phi) is 5.45. The Hall–Kier alpha value is -1.93. The van der Waals surface area contributed by atoms with Crippen molar-refractivity contribution in [2.45, 2.75) is 0 Å². The van der Waals surface area contributed by atoms with Crippen LogP contribution in [-0.2, 0) is 0 Å². The van der Waals surface area contributed by atoms with E-state index in [1.165, 1.54) is 0 Å². The van der Waals surface area contributed by atoms with Crippen molar-refractivity contribution >= 4 is 39.0 Å². The van der Waals surface area contributed by atoms with Crippen LogP contribution in [0.15, 0.2) is 29.6 Å². The van der Waals surface area contributed by atoms with E-state index >= 15 is 0 Å². The zero-order valence-corrected chi connectivity index (χ0v) is 16.6. The lowest BCUT2D eigenvalue weighted by atomic mass is 10.1. The number of thiophene rings is 1. The van der Waals surface area contributed by atoms with Crippen LogP contribution < -0.4 is 9.64 Å². The van der Waals surface area contributed by atoms with Gasteiger partial charge in [0.05, 0.1) is 19.1 Å². The average Bonchev–Trinajstić information content (AvgIpc) is 3.12. The minimum Gasteiger partial charge on any atom is -0.497 e. The summed E-state index contributed by atoms with van der Waals surface area (Å²) < 4.78 is 5.27. The van der Waals surface area contributed by atoms with Crippen LogP contribution >= 0.6 is 22.9 Å². The molecule has 0 atom stereocenters. The number of aromatic nitrogens is 2. The van der Waals surface area contributed by atoms with Crippen molar-refractivity contribution in [3.05, 3.63) is 34.9 Å². The number of nitrogens with zero attached hydrogens (tertiary/aromatic N) is 4. The fourth-order valence-electron chi connectivity index (χ4n) is 3.43. The summed E-state index contributed by atoms with van der Waals surface area (Å²) in [6.07, 6.45) is 0. The first-order valence-corrected chi connectivity index (χ1v) is 10.1. The molecule has 1 saturated heterocycles. The van der Waals surface area contributed by atoms with Gasteiger partial charge in [-0.3, -0.25) is 4.90 Å². The number of anilines is 1. The predicted octanol–water partition coefficient (Wildman–Crippen LogP) is 3.13. The van der Waals surface area contributed by atoms with E-state index in [0.29, 0.717) is 6.54 Å². The van der Waals surface area contributed by atoms with Crippen LogP contribution in [0.25, 0.3) is 21.3 Å². The Labute approximate surface area is 167 Å². The molecule has 27 heavy (non-hydrogen) atoms. The second-order valence-corrected chi connectivity index (χ2v) is 7.62. The molecule has 0 bridgehead atoms. The van der Waals surface area contributed by atoms with E-state index in [0.717, 1.165) is 59.1 Å². The Morgan fingerprint density at radius 2 is 1.89 bits per heavy atom. The van der Waals surface area contributed by atoms with E-state index < -0.39 is 0 Å². The lowest BCUT2D eigenvalue weighted by molar-refractivity contribution is 0.188. The molecule has 4 rings (SSSR count). The zero-order chi connectivity index (χ0) is 18.8. The van der Waals surface area contributed by atoms with E-state index in [4.69, 9.17) is 21.4 Å². The van der Waals surface area contributed by atoms with Gasteiger partial charge < -0.3 is 14.7 Å². The molecular formula is C19H21ClN4O2S. The van der Waals surface area contributed by atoms with Crippen LogP contribution in [-0.4, -0.2) is 66.4 Å². The Morgan fingerprint density at radius 3 is 2.56 bits per heavy atom. The first-order valence-electron chi connectivity index (χ1n) is 8.87. The van der Waals surface area contributed by atoms with E-state index in [2.05, 4.69) is 37.3 Å². The highest BCUT2D eigenvalue weighted by atomic mass is 35.5. The molecule has 3 heterocycles. The van der Waals surface area contributed by atoms with E-state index in [-0.39, 0.29) is 11.9 Å². The number of piperazine rings is 1. The minimum atomic E-state index is 0.190. The number of ether oxygens (including phenoxy) is 1. The van der Waals surface area contributed by atoms with E-state index in [1.54, 1.807) is 18.4 Å². The molecule has 1 fully saturated rings. The van der Waals surface area contributed by atoms with Crippen molar-refractivity contribution in [1.29, 1.82) is 0 Å². The molecule has 142 valence electrons. The summed E-state index contributed by atoms with van der Waals surface area (Å²) in [4.78, 5) is 14.4. The van der Waals surface area contributed by atoms with Crippen LogP contribution in [0.5, 0.6) is 5.75 Å². The molecule has 0 amide bonds. The first-order chi connectivity index (χ1) is 13.2. The molecule has 1 N–H and O–H groups in total. The van der Waals surface area contributed by atoms with Gasteiger partial charge in [0.25, 0.3) is 0 Å². The molecule has 0 unspecified atom stereocenters. The highest BCUT2D eigenvalue weighted by Crippen LogP contribution is 2.39. The van der Waals surface area contributed by atoms with Gasteiger partial charge in [-0.2, -0.15) is 4.98 Å². The number of aliphatic hydroxyl groups is 1. The number of β-amino-alcohol motifs (C(OH)–C–C–N with tert-alkyl or cyclic N) is 1. The van der Waals surface area contributed by atoms with Gasteiger partial charge in [-0.05, 0) is 29.3 Å². The largest absolute Gasteiger partial charge is 0.497 e. The smallest absolute Gasteiger partial charge is 0.225 e. The van der Waals surface area contributed by atoms with Crippen LogP contribution in [0.4, 0.5) is 5.82 Å². The number of hydrogen-bond donors (Lipinski definition) is 1. The minimum absolute atomic E-state index is 0.190. The molecule has 1 aliphatic rings. The van der Waals surface area contributed by atoms with Gasteiger partial charge >= 0.3 is 0 Å². The fraction of sp³-hybridized carbons (Fsp3) is 0.368. The molecule has 3 aromatic rings. The SMILES string of the molecule is COc1ccc(-c2csc3nc(Cl)nc(N4CCN(CCO)CC4)c23)cc1. The van der Waals surface area contributed by atoms with Crippen molar-refractivity contribution in [2.24, 2.45) is 0 Å². The van der Waals surface area contributed by atoms with Gasteiger partial charge in [0, 0.05) is 43.7 Å². The lowest BCUT2D eigenvalue weighted by Gasteiger charge is -2.35. The van der Waals surface area contributed by atoms with Gasteiger partial charge in [0.1, 0.15) is 16.4 Å². The van der Waals surface area contributed by atoms with Gasteiger partial charge in [-0.15, -0.1) is 11.3 Å². The second-order valence-electron chi connectivity index (χ2n) is 6.43. The van der Waals surface area contributed by atoms with Crippen molar-refractivity contribution in [1.82, 2.24) is 14.9 Å². The topological polar surface area (TPSA) is 61.7 Å². The first kappa shape index (κ1) is 18.4. The maximum absolute atomic E-state index is 9.15. The molecule has 0 radical (unpaired) electrons. The molecule has 2 aromatic heterocycles. The van der Waals surface area contributed by atoms with E-state index in [9.17, 15) is 0 Å². The number of hydrogen-bond acceptors (Lipinski definition) is 7. The number of methoxy groups -OCH3 is 1. The van der Waals surface area contributed by atoms with Gasteiger partial charge in [-0.25, -0.2) is 4.98 Å². The van der Waals surface area contributed by atoms with Gasteiger partial charge in [0.15, 0.2) is 0 Å². The van der Waals surface area contributed by atoms with Crippen LogP contribution in [0, 0.1) is 0 Å². The van der Waals surface area contributed by atoms with Crippen LogP contribution in [0.1, 0.15) is 0 Å². The summed E-state index contributed by atoms with van der Waals surface area (Å²) in [6, 6.07) is 8.03. The second kappa shape index (κ2) is 7.98. The van der Waals surface area contributed by atoms with Crippen molar-refractivity contribution in [3.8, 4) is 16.9 Å². The molecule has 8 heteroatoms. The summed E-state index contributed by atoms with van der Waals surface area (Å²) in [6.45, 7) is 4.39. The number of benzene rings is 1. The van der Waals surface area contributed by atoms with E-state index in [1.807, 2.05) is 12.1 Å². The number of rotatable bonds is 5. The summed E-state index contributed by atoms with van der Waals surface area (Å²) in [5.74, 6) is 1.72. The highest BCUT2D eigenvalue weighted by Gasteiger charge is 2.23. The predicted molar refractivity (Wildman–Crippen MR) is 110 cm³/mol. The monoisotopic (exact) mass is 404 g/mol. The standard InChI is InChI=1S/C19H21ClN4O2S/c1-26-14-4-2-13(3-5-14)15-12-27-18-16(15)17(21-19(20)22-18)24-8-6-23(7-9-24)10-11-25/h2-5,12,25H,6-11H2,1H3. The molecule has 6 nitrogen and oxygen atoms in total. The van der Waals surface area contributed by atoms with Crippen molar-refractivity contribution in [3.63, 3.8) is 0 Å². The normalized spacial score (nSPS) is 15.4. The van der Waals surface area contributed by atoms with Gasteiger partial charge in [-0.1, -0.05) is 12.1 Å². The molecule has 1 aliphatic heterocycles. The Bertz CT molecular complexity index is 923. The highest BCUT2D eigenvalue weighted by molar-refractivity contribution is 7.17. The maximum atomic E-state index is 9.15.